The number of nitrogens with two attached hydrogens (primary N) is 1. The van der Waals surface area contributed by atoms with Crippen molar-refractivity contribution < 1.29 is 22.7 Å². The van der Waals surface area contributed by atoms with Crippen molar-refractivity contribution in [2.75, 3.05) is 13.1 Å². The number of nitrogens with zero attached hydrogens (tertiary/aromatic N) is 1. The second kappa shape index (κ2) is 7.00. The van der Waals surface area contributed by atoms with E-state index >= 15 is 0 Å². The number of rotatable bonds is 4. The van der Waals surface area contributed by atoms with E-state index in [9.17, 15) is 18.0 Å². The Morgan fingerprint density at radius 3 is 2.55 bits per heavy atom. The molecule has 0 bridgehead atoms. The number of carbonyl (C=O) groups is 1. The van der Waals surface area contributed by atoms with E-state index in [1.165, 1.54) is 24.3 Å². The van der Waals surface area contributed by atoms with Crippen molar-refractivity contribution in [3.8, 4) is 5.75 Å². The molecule has 7 heteroatoms. The van der Waals surface area contributed by atoms with E-state index in [1.54, 1.807) is 4.90 Å². The van der Waals surface area contributed by atoms with Crippen LogP contribution >= 0.6 is 0 Å². The standard InChI is InChI=1S/C15H19F3N2O2/c16-15(17,18)22-13-6-4-11(5-7-13)9-14(21)20-8-2-1-3-12(20)10-19/h4-7,12H,1-3,8-10,19H2. The van der Waals surface area contributed by atoms with Gasteiger partial charge in [-0.1, -0.05) is 12.1 Å². The molecule has 1 unspecified atom stereocenters. The molecule has 4 nitrogen and oxygen atoms in total. The number of halogens is 3. The minimum Gasteiger partial charge on any atom is -0.406 e. The van der Waals surface area contributed by atoms with Gasteiger partial charge in [-0.3, -0.25) is 4.79 Å². The van der Waals surface area contributed by atoms with Gasteiger partial charge in [-0.2, -0.15) is 0 Å². The Morgan fingerprint density at radius 1 is 1.27 bits per heavy atom. The maximum absolute atomic E-state index is 12.3. The van der Waals surface area contributed by atoms with Crippen molar-refractivity contribution in [1.29, 1.82) is 0 Å². The molecule has 2 rings (SSSR count). The monoisotopic (exact) mass is 316 g/mol. The van der Waals surface area contributed by atoms with Crippen LogP contribution in [0.2, 0.25) is 0 Å². The number of carbonyl (C=O) groups excluding carboxylic acids is 1. The summed E-state index contributed by atoms with van der Waals surface area (Å²) < 4.78 is 40.0. The fourth-order valence-electron chi connectivity index (χ4n) is 2.66. The minimum atomic E-state index is -4.71. The van der Waals surface area contributed by atoms with Gasteiger partial charge < -0.3 is 15.4 Å². The van der Waals surface area contributed by atoms with E-state index in [1.807, 2.05) is 0 Å². The number of amides is 1. The molecule has 2 N–H and O–H groups in total. The first-order valence-corrected chi connectivity index (χ1v) is 7.23. The Bertz CT molecular complexity index is 503. The molecule has 1 atom stereocenters. The highest BCUT2D eigenvalue weighted by molar-refractivity contribution is 5.79. The van der Waals surface area contributed by atoms with Crippen LogP contribution in [0.5, 0.6) is 5.75 Å². The molecule has 1 aliphatic heterocycles. The normalized spacial score (nSPS) is 19.1. The van der Waals surface area contributed by atoms with Gasteiger partial charge in [-0.25, -0.2) is 0 Å². The van der Waals surface area contributed by atoms with Gasteiger partial charge in [0.1, 0.15) is 5.75 Å². The molecular weight excluding hydrogens is 297 g/mol. The van der Waals surface area contributed by atoms with Crippen molar-refractivity contribution >= 4 is 5.91 Å². The first-order chi connectivity index (χ1) is 10.4. The number of alkyl halides is 3. The Kier molecular flexibility index (Phi) is 5.28. The molecule has 22 heavy (non-hydrogen) atoms. The highest BCUT2D eigenvalue weighted by atomic mass is 19.4. The molecule has 1 saturated heterocycles. The first-order valence-electron chi connectivity index (χ1n) is 7.23. The Labute approximate surface area is 127 Å². The van der Waals surface area contributed by atoms with Crippen molar-refractivity contribution in [2.45, 2.75) is 38.1 Å². The lowest BCUT2D eigenvalue weighted by Crippen LogP contribution is -2.48. The number of hydrogen-bond acceptors (Lipinski definition) is 3. The lowest BCUT2D eigenvalue weighted by Gasteiger charge is -2.35. The molecule has 1 aromatic rings. The SMILES string of the molecule is NCC1CCCCN1C(=O)Cc1ccc(OC(F)(F)F)cc1. The van der Waals surface area contributed by atoms with E-state index in [4.69, 9.17) is 5.73 Å². The molecule has 1 amide bonds. The van der Waals surface area contributed by atoms with Crippen molar-refractivity contribution in [3.63, 3.8) is 0 Å². The van der Waals surface area contributed by atoms with Crippen LogP contribution in [0, 0.1) is 0 Å². The van der Waals surface area contributed by atoms with Crippen molar-refractivity contribution in [1.82, 2.24) is 4.90 Å². The second-order valence-corrected chi connectivity index (χ2v) is 5.34. The van der Waals surface area contributed by atoms with Crippen LogP contribution in [0.15, 0.2) is 24.3 Å². The number of hydrogen-bond donors (Lipinski definition) is 1. The molecule has 0 radical (unpaired) electrons. The van der Waals surface area contributed by atoms with Gasteiger partial charge in [0.05, 0.1) is 6.42 Å². The quantitative estimate of drug-likeness (QED) is 0.928. The van der Waals surface area contributed by atoms with Gasteiger partial charge >= 0.3 is 6.36 Å². The summed E-state index contributed by atoms with van der Waals surface area (Å²) in [4.78, 5) is 14.1. The largest absolute Gasteiger partial charge is 0.573 e. The predicted octanol–water partition coefficient (Wildman–Crippen LogP) is 2.47. The first kappa shape index (κ1) is 16.6. The molecule has 1 fully saturated rings. The summed E-state index contributed by atoms with van der Waals surface area (Å²) in [6.45, 7) is 1.13. The molecular formula is C15H19F3N2O2. The number of likely N-dealkylation sites (tertiary alicyclic amines) is 1. The Hall–Kier alpha value is -1.76. The highest BCUT2D eigenvalue weighted by Crippen LogP contribution is 2.23. The topological polar surface area (TPSA) is 55.6 Å². The van der Waals surface area contributed by atoms with E-state index < -0.39 is 6.36 Å². The zero-order valence-electron chi connectivity index (χ0n) is 12.1. The van der Waals surface area contributed by atoms with Crippen LogP contribution in [-0.4, -0.2) is 36.3 Å². The summed E-state index contributed by atoms with van der Waals surface area (Å²) in [7, 11) is 0. The molecule has 0 spiro atoms. The highest BCUT2D eigenvalue weighted by Gasteiger charge is 2.31. The average molecular weight is 316 g/mol. The smallest absolute Gasteiger partial charge is 0.406 e. The van der Waals surface area contributed by atoms with Crippen molar-refractivity contribution in [2.24, 2.45) is 5.73 Å². The van der Waals surface area contributed by atoms with Gasteiger partial charge in [0.25, 0.3) is 0 Å². The summed E-state index contributed by atoms with van der Waals surface area (Å²) in [5.74, 6) is -0.332. The third-order valence-electron chi connectivity index (χ3n) is 3.73. The van der Waals surface area contributed by atoms with Crippen LogP contribution < -0.4 is 10.5 Å². The third kappa shape index (κ3) is 4.62. The van der Waals surface area contributed by atoms with E-state index in [-0.39, 0.29) is 24.1 Å². The van der Waals surface area contributed by atoms with E-state index in [2.05, 4.69) is 4.74 Å². The van der Waals surface area contributed by atoms with Gasteiger partial charge in [-0.05, 0) is 37.0 Å². The van der Waals surface area contributed by atoms with Crippen LogP contribution in [0.4, 0.5) is 13.2 Å². The lowest BCUT2D eigenvalue weighted by atomic mass is 10.0. The second-order valence-electron chi connectivity index (χ2n) is 5.34. The maximum atomic E-state index is 12.3. The zero-order chi connectivity index (χ0) is 16.2. The van der Waals surface area contributed by atoms with Crippen LogP contribution in [-0.2, 0) is 11.2 Å². The summed E-state index contributed by atoms with van der Waals surface area (Å²) in [5, 5.41) is 0. The number of benzene rings is 1. The summed E-state index contributed by atoms with van der Waals surface area (Å²) in [6, 6.07) is 5.44. The summed E-state index contributed by atoms with van der Waals surface area (Å²) >= 11 is 0. The molecule has 122 valence electrons. The van der Waals surface area contributed by atoms with Gasteiger partial charge in [-0.15, -0.1) is 13.2 Å². The molecule has 1 aliphatic rings. The van der Waals surface area contributed by atoms with Crippen molar-refractivity contribution in [3.05, 3.63) is 29.8 Å². The van der Waals surface area contributed by atoms with Crippen LogP contribution in [0.25, 0.3) is 0 Å². The molecule has 0 aromatic heterocycles. The number of piperidine rings is 1. The maximum Gasteiger partial charge on any atom is 0.573 e. The number of ether oxygens (including phenoxy) is 1. The van der Waals surface area contributed by atoms with Crippen LogP contribution in [0.1, 0.15) is 24.8 Å². The predicted molar refractivity (Wildman–Crippen MR) is 75.2 cm³/mol. The third-order valence-corrected chi connectivity index (χ3v) is 3.73. The Balaban J connectivity index is 1.96. The molecule has 1 heterocycles. The molecule has 0 saturated carbocycles. The fourth-order valence-corrected chi connectivity index (χ4v) is 2.66. The molecule has 0 aliphatic carbocycles. The fraction of sp³-hybridized carbons (Fsp3) is 0.533. The zero-order valence-corrected chi connectivity index (χ0v) is 12.1. The van der Waals surface area contributed by atoms with Crippen LogP contribution in [0.3, 0.4) is 0 Å². The lowest BCUT2D eigenvalue weighted by molar-refractivity contribution is -0.274. The van der Waals surface area contributed by atoms with Gasteiger partial charge in [0, 0.05) is 19.1 Å². The summed E-state index contributed by atoms with van der Waals surface area (Å²) in [6.07, 6.45) is -1.63. The van der Waals surface area contributed by atoms with E-state index in [0.717, 1.165) is 19.3 Å². The van der Waals surface area contributed by atoms with Gasteiger partial charge in [0.15, 0.2) is 0 Å². The van der Waals surface area contributed by atoms with E-state index in [0.29, 0.717) is 18.7 Å². The molecule has 1 aromatic carbocycles. The minimum absolute atomic E-state index is 0.0420. The van der Waals surface area contributed by atoms with Gasteiger partial charge in [0.2, 0.25) is 5.91 Å². The average Bonchev–Trinajstić information content (AvgIpc) is 2.47. The Morgan fingerprint density at radius 2 is 1.95 bits per heavy atom. The summed E-state index contributed by atoms with van der Waals surface area (Å²) in [5.41, 5.74) is 6.34.